The molecule has 0 radical (unpaired) electrons. The number of carbonyl (C=O) groups excluding carboxylic acids is 2. The van der Waals surface area contributed by atoms with Gasteiger partial charge >= 0.3 is 11.9 Å². The number of methoxy groups -OCH3 is 2. The number of esters is 1. The van der Waals surface area contributed by atoms with Crippen molar-refractivity contribution in [2.24, 2.45) is 5.92 Å². The molecule has 1 aromatic rings. The van der Waals surface area contributed by atoms with Crippen LogP contribution in [0, 0.1) is 5.92 Å². The number of ether oxygens (including phenoxy) is 3. The van der Waals surface area contributed by atoms with Crippen molar-refractivity contribution in [1.82, 2.24) is 4.90 Å². The molecule has 0 aromatic heterocycles. The van der Waals surface area contributed by atoms with Gasteiger partial charge in [-0.15, -0.1) is 0 Å². The van der Waals surface area contributed by atoms with Gasteiger partial charge in [0.2, 0.25) is 5.91 Å². The van der Waals surface area contributed by atoms with E-state index in [1.807, 2.05) is 0 Å². The Morgan fingerprint density at radius 3 is 2.35 bits per heavy atom. The van der Waals surface area contributed by atoms with Crippen LogP contribution >= 0.6 is 0 Å². The maximum Gasteiger partial charge on any atom is 0.326 e. The Balaban J connectivity index is 2.48. The topological polar surface area (TPSA) is 102 Å². The smallest absolute Gasteiger partial charge is 0.326 e. The van der Waals surface area contributed by atoms with E-state index in [0.29, 0.717) is 11.3 Å². The summed E-state index contributed by atoms with van der Waals surface area (Å²) < 4.78 is 15.1. The van der Waals surface area contributed by atoms with Crippen molar-refractivity contribution in [2.45, 2.75) is 25.4 Å². The average molecular weight is 365 g/mol. The molecule has 1 heterocycles. The van der Waals surface area contributed by atoms with Gasteiger partial charge in [-0.3, -0.25) is 9.59 Å². The van der Waals surface area contributed by atoms with Crippen LogP contribution in [0.4, 0.5) is 0 Å². The standard InChI is InChI=1S/C18H23NO7/c1-4-26-18(23)13-9-14(17(21)22)19(15(20)10-24-2)16(13)11-5-7-12(25-3)8-6-11/h5-8,13-14,16H,4,9-10H2,1-3H3,(H,21,22). The number of amides is 1. The number of hydrogen-bond donors (Lipinski definition) is 1. The maximum atomic E-state index is 12.6. The fourth-order valence-electron chi connectivity index (χ4n) is 3.29. The van der Waals surface area contributed by atoms with Crippen molar-refractivity contribution in [1.29, 1.82) is 0 Å². The number of hydrogen-bond acceptors (Lipinski definition) is 6. The second-order valence-corrected chi connectivity index (χ2v) is 5.90. The Hall–Kier alpha value is -2.61. The number of aliphatic carboxylic acids is 1. The highest BCUT2D eigenvalue weighted by Crippen LogP contribution is 2.42. The third-order valence-corrected chi connectivity index (χ3v) is 4.38. The zero-order valence-corrected chi connectivity index (χ0v) is 15.0. The lowest BCUT2D eigenvalue weighted by atomic mass is 9.93. The molecular weight excluding hydrogens is 342 g/mol. The van der Waals surface area contributed by atoms with E-state index in [4.69, 9.17) is 14.2 Å². The predicted molar refractivity (Wildman–Crippen MR) is 90.6 cm³/mol. The van der Waals surface area contributed by atoms with Gasteiger partial charge in [-0.25, -0.2) is 4.79 Å². The molecule has 8 heteroatoms. The molecule has 1 saturated heterocycles. The van der Waals surface area contributed by atoms with Gasteiger partial charge in [0.1, 0.15) is 18.4 Å². The second kappa shape index (κ2) is 8.66. The summed E-state index contributed by atoms with van der Waals surface area (Å²) in [5.41, 5.74) is 0.636. The summed E-state index contributed by atoms with van der Waals surface area (Å²) in [4.78, 5) is 37.9. The fourth-order valence-corrected chi connectivity index (χ4v) is 3.29. The molecule has 142 valence electrons. The summed E-state index contributed by atoms with van der Waals surface area (Å²) in [5, 5.41) is 9.57. The van der Waals surface area contributed by atoms with Crippen LogP contribution in [0.15, 0.2) is 24.3 Å². The monoisotopic (exact) mass is 365 g/mol. The quantitative estimate of drug-likeness (QED) is 0.725. The van der Waals surface area contributed by atoms with E-state index in [1.165, 1.54) is 19.1 Å². The van der Waals surface area contributed by atoms with Crippen LogP contribution in [-0.2, 0) is 23.9 Å². The normalized spacial score (nSPS) is 22.1. The van der Waals surface area contributed by atoms with E-state index in [2.05, 4.69) is 0 Å². The van der Waals surface area contributed by atoms with Crippen LogP contribution in [-0.4, -0.2) is 61.3 Å². The highest BCUT2D eigenvalue weighted by atomic mass is 16.5. The lowest BCUT2D eigenvalue weighted by Crippen LogP contribution is -2.43. The molecule has 0 bridgehead atoms. The van der Waals surface area contributed by atoms with Gasteiger partial charge in [-0.1, -0.05) is 12.1 Å². The minimum atomic E-state index is -1.17. The largest absolute Gasteiger partial charge is 0.497 e. The average Bonchev–Trinajstić information content (AvgIpc) is 3.03. The molecule has 8 nitrogen and oxygen atoms in total. The van der Waals surface area contributed by atoms with E-state index >= 15 is 0 Å². The van der Waals surface area contributed by atoms with E-state index in [9.17, 15) is 19.5 Å². The predicted octanol–water partition coefficient (Wildman–Crippen LogP) is 1.25. The molecule has 2 rings (SSSR count). The van der Waals surface area contributed by atoms with Crippen LogP contribution in [0.3, 0.4) is 0 Å². The van der Waals surface area contributed by atoms with Crippen LogP contribution in [0.25, 0.3) is 0 Å². The van der Waals surface area contributed by atoms with Crippen LogP contribution in [0.1, 0.15) is 24.9 Å². The Labute approximate surface area is 151 Å². The summed E-state index contributed by atoms with van der Waals surface area (Å²) in [6.45, 7) is 1.58. The molecule has 1 aromatic carbocycles. The van der Waals surface area contributed by atoms with Crippen molar-refractivity contribution in [2.75, 3.05) is 27.4 Å². The number of likely N-dealkylation sites (tertiary alicyclic amines) is 1. The Morgan fingerprint density at radius 2 is 1.85 bits per heavy atom. The summed E-state index contributed by atoms with van der Waals surface area (Å²) in [5.74, 6) is -2.34. The van der Waals surface area contributed by atoms with Crippen molar-refractivity contribution in [3.63, 3.8) is 0 Å². The van der Waals surface area contributed by atoms with Crippen LogP contribution in [0.2, 0.25) is 0 Å². The number of rotatable bonds is 7. The molecule has 0 aliphatic carbocycles. The van der Waals surface area contributed by atoms with Gasteiger partial charge in [0.25, 0.3) is 0 Å². The van der Waals surface area contributed by atoms with E-state index in [-0.39, 0.29) is 19.6 Å². The summed E-state index contributed by atoms with van der Waals surface area (Å²) in [6.07, 6.45) is -0.0136. The van der Waals surface area contributed by atoms with Gasteiger partial charge in [0, 0.05) is 7.11 Å². The van der Waals surface area contributed by atoms with Gasteiger partial charge in [0.05, 0.1) is 25.7 Å². The first-order valence-electron chi connectivity index (χ1n) is 8.28. The first-order valence-corrected chi connectivity index (χ1v) is 8.28. The SMILES string of the molecule is CCOC(=O)C1CC(C(=O)O)N(C(=O)COC)C1c1ccc(OC)cc1. The van der Waals surface area contributed by atoms with Crippen molar-refractivity contribution >= 4 is 17.8 Å². The van der Waals surface area contributed by atoms with Gasteiger partial charge in [-0.05, 0) is 31.0 Å². The molecule has 1 N–H and O–H groups in total. The van der Waals surface area contributed by atoms with E-state index in [1.54, 1.807) is 31.2 Å². The highest BCUT2D eigenvalue weighted by Gasteiger charge is 2.51. The molecule has 26 heavy (non-hydrogen) atoms. The van der Waals surface area contributed by atoms with Crippen molar-refractivity contribution in [3.8, 4) is 5.75 Å². The first kappa shape index (κ1) is 19.7. The zero-order chi connectivity index (χ0) is 19.3. The second-order valence-electron chi connectivity index (χ2n) is 5.90. The van der Waals surface area contributed by atoms with Crippen molar-refractivity contribution in [3.05, 3.63) is 29.8 Å². The van der Waals surface area contributed by atoms with Crippen LogP contribution in [0.5, 0.6) is 5.75 Å². The molecule has 0 saturated carbocycles. The van der Waals surface area contributed by atoms with Crippen LogP contribution < -0.4 is 4.74 Å². The van der Waals surface area contributed by atoms with Crippen molar-refractivity contribution < 1.29 is 33.7 Å². The third kappa shape index (κ3) is 3.96. The number of carbonyl (C=O) groups is 3. The molecule has 1 amide bonds. The molecule has 0 spiro atoms. The number of carboxylic acid groups (broad SMARTS) is 1. The molecule has 3 unspecified atom stereocenters. The Kier molecular flexibility index (Phi) is 6.57. The minimum absolute atomic E-state index is 0.0136. The fraction of sp³-hybridized carbons (Fsp3) is 0.500. The minimum Gasteiger partial charge on any atom is -0.497 e. The molecular formula is C18H23NO7. The molecule has 1 aliphatic rings. The van der Waals surface area contributed by atoms with E-state index in [0.717, 1.165) is 0 Å². The Bertz CT molecular complexity index is 658. The lowest BCUT2D eigenvalue weighted by Gasteiger charge is -2.30. The summed E-state index contributed by atoms with van der Waals surface area (Å²) >= 11 is 0. The first-order chi connectivity index (χ1) is 12.4. The number of carboxylic acids is 1. The zero-order valence-electron chi connectivity index (χ0n) is 15.0. The van der Waals surface area contributed by atoms with E-state index < -0.39 is 35.8 Å². The molecule has 1 aliphatic heterocycles. The number of nitrogens with zero attached hydrogens (tertiary/aromatic N) is 1. The maximum absolute atomic E-state index is 12.6. The molecule has 3 atom stereocenters. The molecule has 1 fully saturated rings. The lowest BCUT2D eigenvalue weighted by molar-refractivity contribution is -0.152. The number of benzene rings is 1. The summed E-state index contributed by atoms with van der Waals surface area (Å²) in [6, 6.07) is 4.96. The van der Waals surface area contributed by atoms with Gasteiger partial charge in [-0.2, -0.15) is 0 Å². The summed E-state index contributed by atoms with van der Waals surface area (Å²) in [7, 11) is 2.88. The van der Waals surface area contributed by atoms with Gasteiger partial charge < -0.3 is 24.2 Å². The highest BCUT2D eigenvalue weighted by molar-refractivity contribution is 5.88. The van der Waals surface area contributed by atoms with Gasteiger partial charge in [0.15, 0.2) is 0 Å². The third-order valence-electron chi connectivity index (χ3n) is 4.38. The Morgan fingerprint density at radius 1 is 1.19 bits per heavy atom.